The van der Waals surface area contributed by atoms with Gasteiger partial charge < -0.3 is 5.11 Å². The number of carbonyl (C=O) groups is 1. The Morgan fingerprint density at radius 2 is 1.86 bits per heavy atom. The average Bonchev–Trinajstić information content (AvgIpc) is 2.14. The van der Waals surface area contributed by atoms with Gasteiger partial charge >= 0.3 is 0 Å². The van der Waals surface area contributed by atoms with Crippen LogP contribution in [0.2, 0.25) is 0 Å². The smallest absolute Gasteiger partial charge is 0.186 e. The first kappa shape index (κ1) is 11.4. The Labute approximate surface area is 86.0 Å². The molecule has 0 atom stereocenters. The second-order valence-electron chi connectivity index (χ2n) is 4.68. The molecular weight excluding hydrogens is 176 g/mol. The molecule has 2 heteroatoms. The summed E-state index contributed by atoms with van der Waals surface area (Å²) in [6.07, 6.45) is 9.77. The molecule has 2 nitrogen and oxygen atoms in total. The van der Waals surface area contributed by atoms with Crippen LogP contribution in [-0.4, -0.2) is 16.5 Å². The van der Waals surface area contributed by atoms with E-state index >= 15 is 0 Å². The molecule has 0 aromatic rings. The monoisotopic (exact) mass is 196 g/mol. The predicted octanol–water partition coefficient (Wildman–Crippen LogP) is 2.46. The van der Waals surface area contributed by atoms with Crippen LogP contribution in [0.25, 0.3) is 0 Å². The van der Waals surface area contributed by atoms with Crippen LogP contribution in [0.3, 0.4) is 0 Å². The lowest BCUT2D eigenvalue weighted by Gasteiger charge is -2.18. The second-order valence-corrected chi connectivity index (χ2v) is 4.68. The molecule has 1 rings (SSSR count). The Hall–Kier alpha value is -0.630. The summed E-state index contributed by atoms with van der Waals surface area (Å²) >= 11 is 0. The van der Waals surface area contributed by atoms with Crippen LogP contribution in [0.15, 0.2) is 12.2 Å². The van der Waals surface area contributed by atoms with Gasteiger partial charge in [0.05, 0.1) is 0 Å². The largest absolute Gasteiger partial charge is 0.382 e. The Bertz CT molecular complexity index is 217. The van der Waals surface area contributed by atoms with E-state index in [1.807, 2.05) is 6.08 Å². The Balaban J connectivity index is 2.42. The van der Waals surface area contributed by atoms with Crippen LogP contribution in [0, 0.1) is 5.92 Å². The lowest BCUT2D eigenvalue weighted by Crippen LogP contribution is -2.29. The lowest BCUT2D eigenvalue weighted by atomic mass is 9.88. The van der Waals surface area contributed by atoms with E-state index in [-0.39, 0.29) is 5.78 Å². The number of hydrogen-bond donors (Lipinski definition) is 1. The van der Waals surface area contributed by atoms with Crippen molar-refractivity contribution in [3.63, 3.8) is 0 Å². The molecule has 0 heterocycles. The molecule has 80 valence electrons. The van der Waals surface area contributed by atoms with Gasteiger partial charge in [0.1, 0.15) is 5.60 Å². The molecule has 1 aliphatic carbocycles. The quantitative estimate of drug-likeness (QED) is 0.704. The Kier molecular flexibility index (Phi) is 3.87. The first-order valence-corrected chi connectivity index (χ1v) is 5.45. The minimum atomic E-state index is -1.22. The van der Waals surface area contributed by atoms with Crippen molar-refractivity contribution in [2.45, 2.75) is 51.6 Å². The third-order valence-corrected chi connectivity index (χ3v) is 2.77. The highest BCUT2D eigenvalue weighted by atomic mass is 16.3. The summed E-state index contributed by atoms with van der Waals surface area (Å²) in [6.45, 7) is 3.06. The molecule has 1 fully saturated rings. The zero-order valence-corrected chi connectivity index (χ0v) is 9.12. The number of rotatable bonds is 3. The van der Waals surface area contributed by atoms with Gasteiger partial charge in [-0.05, 0) is 38.7 Å². The van der Waals surface area contributed by atoms with Gasteiger partial charge in [-0.15, -0.1) is 0 Å². The van der Waals surface area contributed by atoms with Gasteiger partial charge in [0.25, 0.3) is 0 Å². The first-order chi connectivity index (χ1) is 6.50. The van der Waals surface area contributed by atoms with Crippen molar-refractivity contribution in [1.82, 2.24) is 0 Å². The molecule has 1 aliphatic rings. The molecule has 0 aromatic heterocycles. The highest BCUT2D eigenvalue weighted by Gasteiger charge is 2.21. The van der Waals surface area contributed by atoms with Crippen LogP contribution >= 0.6 is 0 Å². The molecule has 0 radical (unpaired) electrons. The van der Waals surface area contributed by atoms with E-state index in [4.69, 9.17) is 0 Å². The van der Waals surface area contributed by atoms with E-state index in [2.05, 4.69) is 0 Å². The number of aliphatic hydroxyl groups is 1. The molecule has 1 saturated carbocycles. The number of ketones is 1. The number of hydrogen-bond acceptors (Lipinski definition) is 2. The molecular formula is C12H20O2. The van der Waals surface area contributed by atoms with Crippen molar-refractivity contribution in [1.29, 1.82) is 0 Å². The zero-order valence-electron chi connectivity index (χ0n) is 9.12. The molecule has 14 heavy (non-hydrogen) atoms. The summed E-state index contributed by atoms with van der Waals surface area (Å²) in [4.78, 5) is 11.4. The minimum Gasteiger partial charge on any atom is -0.382 e. The fraction of sp³-hybridized carbons (Fsp3) is 0.750. The highest BCUT2D eigenvalue weighted by molar-refractivity contribution is 5.96. The van der Waals surface area contributed by atoms with Crippen molar-refractivity contribution >= 4 is 5.78 Å². The minimum absolute atomic E-state index is 0.192. The number of allylic oxidation sites excluding steroid dienone is 1. The SMILES string of the molecule is CC(C)(O)C(=O)C=CC1CCCCC1. The average molecular weight is 196 g/mol. The van der Waals surface area contributed by atoms with E-state index in [9.17, 15) is 9.90 Å². The van der Waals surface area contributed by atoms with Crippen molar-refractivity contribution in [3.05, 3.63) is 12.2 Å². The van der Waals surface area contributed by atoms with Crippen LogP contribution in [0.4, 0.5) is 0 Å². The zero-order chi connectivity index (χ0) is 10.6. The molecule has 0 saturated heterocycles. The van der Waals surface area contributed by atoms with E-state index < -0.39 is 5.60 Å². The number of carbonyl (C=O) groups excluding carboxylic acids is 1. The summed E-state index contributed by atoms with van der Waals surface area (Å²) in [7, 11) is 0. The van der Waals surface area contributed by atoms with Crippen molar-refractivity contribution < 1.29 is 9.90 Å². The van der Waals surface area contributed by atoms with Crippen LogP contribution in [0.1, 0.15) is 46.0 Å². The summed E-state index contributed by atoms with van der Waals surface area (Å²) in [5.41, 5.74) is -1.22. The summed E-state index contributed by atoms with van der Waals surface area (Å²) in [6, 6.07) is 0. The summed E-state index contributed by atoms with van der Waals surface area (Å²) in [5, 5.41) is 9.41. The molecule has 0 aliphatic heterocycles. The lowest BCUT2D eigenvalue weighted by molar-refractivity contribution is -0.128. The van der Waals surface area contributed by atoms with Gasteiger partial charge in [0.15, 0.2) is 5.78 Å². The van der Waals surface area contributed by atoms with E-state index in [1.54, 1.807) is 6.08 Å². The summed E-state index contributed by atoms with van der Waals surface area (Å²) in [5.74, 6) is 0.359. The molecule has 0 amide bonds. The summed E-state index contributed by atoms with van der Waals surface area (Å²) < 4.78 is 0. The van der Waals surface area contributed by atoms with Gasteiger partial charge in [-0.2, -0.15) is 0 Å². The van der Waals surface area contributed by atoms with Gasteiger partial charge in [-0.1, -0.05) is 25.3 Å². The Morgan fingerprint density at radius 1 is 1.29 bits per heavy atom. The molecule has 1 N–H and O–H groups in total. The predicted molar refractivity (Wildman–Crippen MR) is 57.0 cm³/mol. The molecule has 0 spiro atoms. The third-order valence-electron chi connectivity index (χ3n) is 2.77. The van der Waals surface area contributed by atoms with E-state index in [1.165, 1.54) is 46.0 Å². The molecule has 0 bridgehead atoms. The topological polar surface area (TPSA) is 37.3 Å². The van der Waals surface area contributed by atoms with Crippen LogP contribution in [-0.2, 0) is 4.79 Å². The van der Waals surface area contributed by atoms with Crippen molar-refractivity contribution in [2.75, 3.05) is 0 Å². The van der Waals surface area contributed by atoms with E-state index in [0.717, 1.165) is 0 Å². The maximum atomic E-state index is 11.4. The first-order valence-electron chi connectivity index (χ1n) is 5.45. The Morgan fingerprint density at radius 3 is 2.36 bits per heavy atom. The highest BCUT2D eigenvalue weighted by Crippen LogP contribution is 2.24. The fourth-order valence-electron chi connectivity index (χ4n) is 1.75. The standard InChI is InChI=1S/C12H20O2/c1-12(2,14)11(13)9-8-10-6-4-3-5-7-10/h8-10,14H,3-7H2,1-2H3. The third kappa shape index (κ3) is 3.62. The molecule has 0 aromatic carbocycles. The van der Waals surface area contributed by atoms with Gasteiger partial charge in [0, 0.05) is 0 Å². The van der Waals surface area contributed by atoms with E-state index in [0.29, 0.717) is 5.92 Å². The van der Waals surface area contributed by atoms with Gasteiger partial charge in [0.2, 0.25) is 0 Å². The normalized spacial score (nSPS) is 20.2. The van der Waals surface area contributed by atoms with Gasteiger partial charge in [-0.3, -0.25) is 4.79 Å². The van der Waals surface area contributed by atoms with Crippen LogP contribution < -0.4 is 0 Å². The van der Waals surface area contributed by atoms with Crippen molar-refractivity contribution in [2.24, 2.45) is 5.92 Å². The van der Waals surface area contributed by atoms with Crippen LogP contribution in [0.5, 0.6) is 0 Å². The maximum Gasteiger partial charge on any atom is 0.186 e. The fourth-order valence-corrected chi connectivity index (χ4v) is 1.75. The molecule has 0 unspecified atom stereocenters. The second kappa shape index (κ2) is 4.74. The van der Waals surface area contributed by atoms with Gasteiger partial charge in [-0.25, -0.2) is 0 Å². The van der Waals surface area contributed by atoms with Crippen molar-refractivity contribution in [3.8, 4) is 0 Å². The maximum absolute atomic E-state index is 11.4.